The number of ketones is 1. The van der Waals surface area contributed by atoms with Gasteiger partial charge in [0.1, 0.15) is 23.2 Å². The fourth-order valence-corrected chi connectivity index (χ4v) is 9.06. The van der Waals surface area contributed by atoms with Crippen LogP contribution in [0.5, 0.6) is 0 Å². The highest BCUT2D eigenvalue weighted by molar-refractivity contribution is 6.12. The number of aromatic carboxylic acids is 1. The van der Waals surface area contributed by atoms with Gasteiger partial charge in [0.05, 0.1) is 55.9 Å². The highest BCUT2D eigenvalue weighted by atomic mass is 19.2. The zero-order valence-electron chi connectivity index (χ0n) is 41.1. The fourth-order valence-electron chi connectivity index (χ4n) is 9.06. The number of benzene rings is 4. The van der Waals surface area contributed by atoms with Crippen molar-refractivity contribution in [1.29, 1.82) is 5.26 Å². The number of aromatic nitrogens is 2. The average Bonchev–Trinajstić information content (AvgIpc) is 4.11. The molecule has 1 saturated carbocycles. The van der Waals surface area contributed by atoms with Crippen LogP contribution in [0.1, 0.15) is 106 Å². The number of furan rings is 2. The van der Waals surface area contributed by atoms with Gasteiger partial charge in [0, 0.05) is 42.8 Å². The first-order valence-electron chi connectivity index (χ1n) is 23.9. The topological polar surface area (TPSA) is 188 Å². The molecule has 3 N–H and O–H groups in total. The number of Topliss-reactive ketones (excluding diaryl/α,β-unsaturated/α-hetero) is 1. The number of nitrogens with zero attached hydrogens (tertiary/aromatic N) is 3. The zero-order valence-corrected chi connectivity index (χ0v) is 41.1. The molecule has 0 aliphatic heterocycles. The molecule has 2 amide bonds. The van der Waals surface area contributed by atoms with Crippen molar-refractivity contribution in [3.63, 3.8) is 0 Å². The first kappa shape index (κ1) is 52.7. The summed E-state index contributed by atoms with van der Waals surface area (Å²) in [7, 11) is 2.89. The smallest absolute Gasteiger partial charge is 0.338 e. The number of aryl methyl sites for hydroxylation is 2. The molecular weight excluding hydrogens is 981 g/mol. The van der Waals surface area contributed by atoms with Gasteiger partial charge in [0.15, 0.2) is 29.1 Å². The van der Waals surface area contributed by atoms with Gasteiger partial charge in [-0.1, -0.05) is 26.7 Å². The maximum atomic E-state index is 15.0. The van der Waals surface area contributed by atoms with E-state index in [9.17, 15) is 55.9 Å². The van der Waals surface area contributed by atoms with Gasteiger partial charge in [-0.25, -0.2) is 41.1 Å². The molecule has 4 heterocycles. The summed E-state index contributed by atoms with van der Waals surface area (Å²) in [5.41, 5.74) is 1.28. The number of carboxylic acid groups (broad SMARTS) is 1. The third kappa shape index (κ3) is 10.5. The molecular formula is C57H47F6N5O7. The summed E-state index contributed by atoms with van der Waals surface area (Å²) in [6, 6.07) is 20.4. The number of carbonyl (C=O) groups excluding carboxylic acids is 3. The molecule has 0 radical (unpaired) electrons. The second-order valence-corrected chi connectivity index (χ2v) is 18.3. The minimum atomic E-state index is -1.61. The van der Waals surface area contributed by atoms with Crippen molar-refractivity contribution >= 4 is 45.8 Å². The number of hydrogen-bond acceptors (Lipinski definition) is 9. The van der Waals surface area contributed by atoms with Crippen LogP contribution >= 0.6 is 0 Å². The number of fused-ring (bicyclic) bond motifs is 2. The number of nitriles is 1. The molecule has 1 unspecified atom stereocenters. The van der Waals surface area contributed by atoms with E-state index in [4.69, 9.17) is 8.83 Å². The quantitative estimate of drug-likeness (QED) is 0.0658. The molecule has 1 aliphatic carbocycles. The van der Waals surface area contributed by atoms with E-state index in [1.54, 1.807) is 19.1 Å². The molecule has 1 atom stereocenters. The second-order valence-electron chi connectivity index (χ2n) is 18.3. The SMILES string of the molecule is CCCc1nc2oc(-c3ccc(F)cc3)c(C(=O)NC)c2cc1-c1cc(F)c(F)c(C(=O)CC(C)(C#N)C2CC2)c1.CCCc1nc2oc(-c3ccc(F)cc3)c(C(=O)NC)c2cc1-c1cc(F)c(F)c(C(=O)O)c1. The lowest BCUT2D eigenvalue weighted by atomic mass is 9.80. The van der Waals surface area contributed by atoms with E-state index in [-0.39, 0.29) is 62.9 Å². The van der Waals surface area contributed by atoms with E-state index in [0.29, 0.717) is 64.7 Å². The summed E-state index contributed by atoms with van der Waals surface area (Å²) in [6.45, 7) is 5.50. The number of carboxylic acids is 1. The number of carbonyl (C=O) groups is 4. The normalized spacial score (nSPS) is 12.9. The minimum Gasteiger partial charge on any atom is -0.478 e. The largest absolute Gasteiger partial charge is 0.478 e. The molecule has 384 valence electrons. The van der Waals surface area contributed by atoms with Gasteiger partial charge in [-0.15, -0.1) is 0 Å². The van der Waals surface area contributed by atoms with Crippen molar-refractivity contribution in [2.75, 3.05) is 14.1 Å². The van der Waals surface area contributed by atoms with Crippen LogP contribution in [0.3, 0.4) is 0 Å². The lowest BCUT2D eigenvalue weighted by molar-refractivity contribution is 0.0689. The van der Waals surface area contributed by atoms with Crippen LogP contribution < -0.4 is 10.6 Å². The first-order valence-corrected chi connectivity index (χ1v) is 23.9. The molecule has 4 aromatic heterocycles. The lowest BCUT2D eigenvalue weighted by Gasteiger charge is -2.20. The van der Waals surface area contributed by atoms with Crippen molar-refractivity contribution in [2.24, 2.45) is 11.3 Å². The monoisotopic (exact) mass is 1030 g/mol. The van der Waals surface area contributed by atoms with Gasteiger partial charge >= 0.3 is 5.97 Å². The molecule has 1 fully saturated rings. The lowest BCUT2D eigenvalue weighted by Crippen LogP contribution is -2.22. The van der Waals surface area contributed by atoms with Crippen LogP contribution in [0.15, 0.2) is 93.8 Å². The number of rotatable bonds is 15. The highest BCUT2D eigenvalue weighted by Crippen LogP contribution is 2.48. The van der Waals surface area contributed by atoms with Gasteiger partial charge < -0.3 is 24.6 Å². The predicted octanol–water partition coefficient (Wildman–Crippen LogP) is 13.0. The van der Waals surface area contributed by atoms with Crippen molar-refractivity contribution in [1.82, 2.24) is 20.6 Å². The standard InChI is InChI=1S/C32H28F3N3O3.C25H19F3N2O4/c1-4-5-25-21(18-12-22(28(35)24(34)13-18)26(39)15-32(2,16-36)19-8-9-19)14-23-27(30(40)37-3)29(41-31(23)38-25)17-6-10-20(33)11-7-17;1-3-4-19-15(13-9-17(25(32)33)21(28)18(27)10-13)11-16-20(23(31)29-2)22(34-24(16)30-19)12-5-7-14(26)8-6-12/h6-7,10-14,19H,4-5,8-9,15H2,1-3H3,(H,37,40);5-11H,3-4H2,1-2H3,(H,29,31)(H,32,33). The van der Waals surface area contributed by atoms with E-state index >= 15 is 0 Å². The van der Waals surface area contributed by atoms with Crippen molar-refractivity contribution < 1.29 is 59.5 Å². The van der Waals surface area contributed by atoms with Crippen LogP contribution in [-0.4, -0.2) is 52.7 Å². The first-order chi connectivity index (χ1) is 35.8. The predicted molar refractivity (Wildman–Crippen MR) is 267 cm³/mol. The summed E-state index contributed by atoms with van der Waals surface area (Å²) in [6.07, 6.45) is 3.59. The molecule has 4 aromatic carbocycles. The van der Waals surface area contributed by atoms with Crippen LogP contribution in [0.4, 0.5) is 26.3 Å². The third-order valence-corrected chi connectivity index (χ3v) is 13.1. The van der Waals surface area contributed by atoms with E-state index < -0.39 is 75.0 Å². The Kier molecular flexibility index (Phi) is 15.1. The number of hydrogen-bond donors (Lipinski definition) is 3. The number of nitrogens with one attached hydrogen (secondary N) is 2. The Morgan fingerprint density at radius 1 is 0.653 bits per heavy atom. The van der Waals surface area contributed by atoms with Crippen LogP contribution in [-0.2, 0) is 12.8 Å². The van der Waals surface area contributed by atoms with Crippen molar-refractivity contribution in [3.05, 3.63) is 153 Å². The van der Waals surface area contributed by atoms with Crippen LogP contribution in [0.2, 0.25) is 0 Å². The molecule has 12 nitrogen and oxygen atoms in total. The third-order valence-electron chi connectivity index (χ3n) is 13.1. The van der Waals surface area contributed by atoms with Gasteiger partial charge in [0.2, 0.25) is 11.4 Å². The number of halogens is 6. The highest BCUT2D eigenvalue weighted by Gasteiger charge is 2.44. The minimum absolute atomic E-state index is 0.0508. The van der Waals surface area contributed by atoms with E-state index in [0.717, 1.165) is 31.0 Å². The summed E-state index contributed by atoms with van der Waals surface area (Å²) in [4.78, 5) is 59.6. The Hall–Kier alpha value is -8.59. The molecule has 0 bridgehead atoms. The summed E-state index contributed by atoms with van der Waals surface area (Å²) >= 11 is 0. The Bertz CT molecular complexity index is 3620. The second kappa shape index (κ2) is 21.5. The molecule has 9 rings (SSSR count). The number of pyridine rings is 2. The Balaban J connectivity index is 0.000000203. The Morgan fingerprint density at radius 3 is 1.44 bits per heavy atom. The summed E-state index contributed by atoms with van der Waals surface area (Å²) < 4.78 is 97.2. The van der Waals surface area contributed by atoms with E-state index in [1.165, 1.54) is 68.7 Å². The Labute approximate surface area is 425 Å². The van der Waals surface area contributed by atoms with Crippen LogP contribution in [0.25, 0.3) is 67.1 Å². The molecule has 8 aromatic rings. The summed E-state index contributed by atoms with van der Waals surface area (Å²) in [5.74, 6) is -9.00. The van der Waals surface area contributed by atoms with Gasteiger partial charge in [-0.3, -0.25) is 14.4 Å². The molecule has 75 heavy (non-hydrogen) atoms. The molecule has 18 heteroatoms. The van der Waals surface area contributed by atoms with E-state index in [1.807, 2.05) is 13.8 Å². The number of amides is 2. The van der Waals surface area contributed by atoms with Crippen LogP contribution in [0, 0.1) is 57.6 Å². The molecule has 0 spiro atoms. The van der Waals surface area contributed by atoms with Gasteiger partial charge in [-0.2, -0.15) is 5.26 Å². The van der Waals surface area contributed by atoms with Crippen molar-refractivity contribution in [3.8, 4) is 51.0 Å². The molecule has 0 saturated heterocycles. The van der Waals surface area contributed by atoms with Gasteiger partial charge in [-0.05, 0) is 135 Å². The zero-order chi connectivity index (χ0) is 54.0. The van der Waals surface area contributed by atoms with E-state index in [2.05, 4.69) is 26.7 Å². The maximum absolute atomic E-state index is 15.0. The average molecular weight is 1030 g/mol. The molecule has 1 aliphatic rings. The maximum Gasteiger partial charge on any atom is 0.338 e. The van der Waals surface area contributed by atoms with Gasteiger partial charge in [0.25, 0.3) is 11.8 Å². The Morgan fingerprint density at radius 2 is 1.07 bits per heavy atom. The fraction of sp³-hybridized carbons (Fsp3) is 0.246. The van der Waals surface area contributed by atoms with Crippen molar-refractivity contribution in [2.45, 2.75) is 65.7 Å². The summed E-state index contributed by atoms with van der Waals surface area (Å²) in [5, 5.41) is 24.7.